The van der Waals surface area contributed by atoms with Crippen molar-refractivity contribution >= 4 is 0 Å². The average molecular weight is 421 g/mol. The van der Waals surface area contributed by atoms with Crippen molar-refractivity contribution < 1.29 is 0 Å². The summed E-state index contributed by atoms with van der Waals surface area (Å²) >= 11 is 0. The first-order valence-electron chi connectivity index (χ1n) is 12.1. The summed E-state index contributed by atoms with van der Waals surface area (Å²) in [5, 5.41) is 0. The van der Waals surface area contributed by atoms with Crippen molar-refractivity contribution in [3.63, 3.8) is 0 Å². The Morgan fingerprint density at radius 1 is 0.581 bits per heavy atom. The minimum atomic E-state index is 0.0806. The fourth-order valence-electron chi connectivity index (χ4n) is 5.11. The van der Waals surface area contributed by atoms with Gasteiger partial charge < -0.3 is 0 Å². The summed E-state index contributed by atoms with van der Waals surface area (Å²) in [5.74, 6) is 0.489. The Hall–Kier alpha value is -1.56. The van der Waals surface area contributed by atoms with Crippen LogP contribution in [0.1, 0.15) is 129 Å². The van der Waals surface area contributed by atoms with Crippen molar-refractivity contribution in [2.24, 2.45) is 0 Å². The van der Waals surface area contributed by atoms with Gasteiger partial charge in [0.2, 0.25) is 0 Å². The maximum Gasteiger partial charge on any atom is -0.0126 e. The van der Waals surface area contributed by atoms with Gasteiger partial charge in [0.15, 0.2) is 0 Å². The van der Waals surface area contributed by atoms with E-state index in [1.54, 1.807) is 16.7 Å². The van der Waals surface area contributed by atoms with Crippen LogP contribution >= 0.6 is 0 Å². The molecule has 0 radical (unpaired) electrons. The van der Waals surface area contributed by atoms with Gasteiger partial charge in [0, 0.05) is 0 Å². The fraction of sp³-hybridized carbons (Fsp3) is 0.613. The van der Waals surface area contributed by atoms with Gasteiger partial charge >= 0.3 is 0 Å². The SMILES string of the molecule is CC(Cc1cc(C(C)(C)C)c(C(C)(C)C)c(C(C)(C)C)c1C(C)(C)C)c1ccccc1. The van der Waals surface area contributed by atoms with Crippen molar-refractivity contribution in [3.8, 4) is 0 Å². The molecule has 0 aliphatic heterocycles. The Balaban J connectivity index is 2.96. The van der Waals surface area contributed by atoms with E-state index in [9.17, 15) is 0 Å². The largest absolute Gasteiger partial charge is 0.0622 e. The zero-order chi connectivity index (χ0) is 24.0. The Labute approximate surface area is 193 Å². The maximum absolute atomic E-state index is 2.58. The van der Waals surface area contributed by atoms with Crippen LogP contribution in [0.2, 0.25) is 0 Å². The number of rotatable bonds is 3. The van der Waals surface area contributed by atoms with Crippen LogP contribution < -0.4 is 0 Å². The highest BCUT2D eigenvalue weighted by atomic mass is 14.4. The molecule has 1 unspecified atom stereocenters. The highest BCUT2D eigenvalue weighted by Crippen LogP contribution is 2.47. The molecule has 0 heterocycles. The molecule has 0 aromatic heterocycles. The molecule has 0 saturated carbocycles. The first-order chi connectivity index (χ1) is 13.8. The highest BCUT2D eigenvalue weighted by molar-refractivity contribution is 5.56. The minimum Gasteiger partial charge on any atom is -0.0622 e. The quantitative estimate of drug-likeness (QED) is 0.464. The highest BCUT2D eigenvalue weighted by Gasteiger charge is 2.37. The minimum absolute atomic E-state index is 0.0806. The molecule has 2 rings (SSSR count). The predicted octanol–water partition coefficient (Wildman–Crippen LogP) is 9.22. The van der Waals surface area contributed by atoms with E-state index in [1.807, 2.05) is 0 Å². The van der Waals surface area contributed by atoms with E-state index >= 15 is 0 Å². The zero-order valence-corrected chi connectivity index (χ0v) is 22.7. The first kappa shape index (κ1) is 25.7. The molecule has 172 valence electrons. The van der Waals surface area contributed by atoms with E-state index in [2.05, 4.69) is 126 Å². The van der Waals surface area contributed by atoms with Crippen molar-refractivity contribution in [3.05, 3.63) is 69.8 Å². The van der Waals surface area contributed by atoms with E-state index in [0.717, 1.165) is 6.42 Å². The molecule has 1 atom stereocenters. The van der Waals surface area contributed by atoms with Crippen LogP contribution in [0.15, 0.2) is 36.4 Å². The average Bonchev–Trinajstić information content (AvgIpc) is 2.57. The van der Waals surface area contributed by atoms with Gasteiger partial charge in [-0.3, -0.25) is 0 Å². The molecule has 0 N–H and O–H groups in total. The van der Waals surface area contributed by atoms with Crippen LogP contribution in [0.5, 0.6) is 0 Å². The van der Waals surface area contributed by atoms with Gasteiger partial charge in [0.1, 0.15) is 0 Å². The van der Waals surface area contributed by atoms with Gasteiger partial charge in [0.25, 0.3) is 0 Å². The molecular weight excluding hydrogens is 372 g/mol. The van der Waals surface area contributed by atoms with Crippen molar-refractivity contribution in [2.75, 3.05) is 0 Å². The van der Waals surface area contributed by atoms with Crippen LogP contribution in [0, 0.1) is 0 Å². The van der Waals surface area contributed by atoms with Crippen LogP contribution in [0.4, 0.5) is 0 Å². The first-order valence-corrected chi connectivity index (χ1v) is 12.1. The molecule has 0 nitrogen and oxygen atoms in total. The predicted molar refractivity (Wildman–Crippen MR) is 140 cm³/mol. The molecular formula is C31H48. The lowest BCUT2D eigenvalue weighted by molar-refractivity contribution is 0.472. The topological polar surface area (TPSA) is 0 Å². The second-order valence-electron chi connectivity index (χ2n) is 13.7. The van der Waals surface area contributed by atoms with Crippen LogP contribution in [-0.2, 0) is 28.1 Å². The Morgan fingerprint density at radius 2 is 1.03 bits per heavy atom. The van der Waals surface area contributed by atoms with E-state index in [4.69, 9.17) is 0 Å². The van der Waals surface area contributed by atoms with E-state index in [0.29, 0.717) is 5.92 Å². The molecule has 0 fully saturated rings. The third kappa shape index (κ3) is 5.82. The second-order valence-corrected chi connectivity index (χ2v) is 13.7. The third-order valence-corrected chi connectivity index (χ3v) is 6.36. The van der Waals surface area contributed by atoms with Gasteiger partial charge in [-0.05, 0) is 67.4 Å². The normalized spacial score (nSPS) is 14.6. The smallest absolute Gasteiger partial charge is 0.0126 e. The lowest BCUT2D eigenvalue weighted by atomic mass is 9.62. The van der Waals surface area contributed by atoms with Gasteiger partial charge in [-0.2, -0.15) is 0 Å². The molecule has 2 aromatic carbocycles. The van der Waals surface area contributed by atoms with Crippen LogP contribution in [0.25, 0.3) is 0 Å². The molecule has 0 spiro atoms. The molecule has 0 amide bonds. The lowest BCUT2D eigenvalue weighted by Gasteiger charge is -2.42. The maximum atomic E-state index is 2.58. The summed E-state index contributed by atoms with van der Waals surface area (Å²) in [4.78, 5) is 0. The Morgan fingerprint density at radius 3 is 1.42 bits per heavy atom. The fourth-order valence-corrected chi connectivity index (χ4v) is 5.11. The van der Waals surface area contributed by atoms with E-state index in [-0.39, 0.29) is 21.7 Å². The van der Waals surface area contributed by atoms with Crippen LogP contribution in [-0.4, -0.2) is 0 Å². The van der Waals surface area contributed by atoms with E-state index < -0.39 is 0 Å². The summed E-state index contributed by atoms with van der Waals surface area (Å²) in [5.41, 5.74) is 9.56. The molecule has 0 saturated heterocycles. The van der Waals surface area contributed by atoms with Gasteiger partial charge in [-0.1, -0.05) is 126 Å². The summed E-state index contributed by atoms with van der Waals surface area (Å²) in [7, 11) is 0. The van der Waals surface area contributed by atoms with Crippen molar-refractivity contribution in [1.29, 1.82) is 0 Å². The third-order valence-electron chi connectivity index (χ3n) is 6.36. The lowest BCUT2D eigenvalue weighted by Crippen LogP contribution is -2.33. The molecule has 31 heavy (non-hydrogen) atoms. The van der Waals surface area contributed by atoms with Crippen LogP contribution in [0.3, 0.4) is 0 Å². The second kappa shape index (κ2) is 8.42. The monoisotopic (exact) mass is 420 g/mol. The number of benzene rings is 2. The van der Waals surface area contributed by atoms with Crippen molar-refractivity contribution in [2.45, 2.75) is 124 Å². The summed E-state index contributed by atoms with van der Waals surface area (Å²) in [6.07, 6.45) is 1.08. The molecule has 2 aromatic rings. The number of hydrogen-bond acceptors (Lipinski definition) is 0. The standard InChI is InChI=1S/C31H48/c1-21(22-17-15-14-16-18-22)19-23-20-24(28(2,3)4)26(30(8,9)10)27(31(11,12)13)25(23)29(5,6)7/h14-18,20-21H,19H2,1-13H3. The molecule has 0 aliphatic rings. The molecule has 0 bridgehead atoms. The molecule has 0 aliphatic carbocycles. The Kier molecular flexibility index (Phi) is 6.98. The van der Waals surface area contributed by atoms with Gasteiger partial charge in [-0.15, -0.1) is 0 Å². The number of hydrogen-bond donors (Lipinski definition) is 0. The van der Waals surface area contributed by atoms with Crippen molar-refractivity contribution in [1.82, 2.24) is 0 Å². The molecule has 0 heteroatoms. The van der Waals surface area contributed by atoms with Gasteiger partial charge in [-0.25, -0.2) is 0 Å². The summed E-state index contributed by atoms with van der Waals surface area (Å²) < 4.78 is 0. The summed E-state index contributed by atoms with van der Waals surface area (Å²) in [6, 6.07) is 13.6. The Bertz CT molecular complexity index is 885. The summed E-state index contributed by atoms with van der Waals surface area (Å²) in [6.45, 7) is 31.1. The van der Waals surface area contributed by atoms with E-state index in [1.165, 1.54) is 16.7 Å². The zero-order valence-electron chi connectivity index (χ0n) is 22.7. The van der Waals surface area contributed by atoms with Gasteiger partial charge in [0.05, 0.1) is 0 Å².